The first-order valence-electron chi connectivity index (χ1n) is 14.6. The van der Waals surface area contributed by atoms with Crippen LogP contribution < -0.4 is 4.74 Å². The number of ether oxygens (including phenoxy) is 1. The van der Waals surface area contributed by atoms with Crippen LogP contribution in [0.1, 0.15) is 62.1 Å². The van der Waals surface area contributed by atoms with Gasteiger partial charge in [-0.05, 0) is 86.9 Å². The molecule has 4 aromatic rings. The first-order valence-corrected chi connectivity index (χ1v) is 18.7. The van der Waals surface area contributed by atoms with Crippen molar-refractivity contribution >= 4 is 58.4 Å². The lowest BCUT2D eigenvalue weighted by Gasteiger charge is -2.32. The Bertz CT molecular complexity index is 1710. The van der Waals surface area contributed by atoms with Crippen molar-refractivity contribution in [1.82, 2.24) is 34.0 Å². The first-order chi connectivity index (χ1) is 20.8. The molecule has 11 nitrogen and oxygen atoms in total. The van der Waals surface area contributed by atoms with Gasteiger partial charge in [-0.3, -0.25) is 9.48 Å². The van der Waals surface area contributed by atoms with E-state index in [1.165, 1.54) is 0 Å². The first kappa shape index (κ1) is 32.7. The highest BCUT2D eigenvalue weighted by atomic mass is 127. The lowest BCUT2D eigenvalue weighted by molar-refractivity contribution is 0.00578. The van der Waals surface area contributed by atoms with Gasteiger partial charge in [-0.1, -0.05) is 19.0 Å². The average molecular weight is 731 g/mol. The Morgan fingerprint density at radius 1 is 1.16 bits per heavy atom. The zero-order chi connectivity index (χ0) is 32.0. The number of likely N-dealkylation sites (N-methyl/N-ethyl adjacent to an activating group) is 1. The molecule has 1 aliphatic rings. The van der Waals surface area contributed by atoms with Gasteiger partial charge < -0.3 is 18.9 Å². The fraction of sp³-hybridized carbons (Fsp3) is 0.467. The molecule has 0 aliphatic carbocycles. The third-order valence-electron chi connectivity index (χ3n) is 8.60. The summed E-state index contributed by atoms with van der Waals surface area (Å²) in [6.07, 6.45) is 5.01. The number of hydrogen-bond donors (Lipinski definition) is 0. The van der Waals surface area contributed by atoms with Gasteiger partial charge in [0.2, 0.25) is 5.88 Å². The molecule has 1 unspecified atom stereocenters. The molecule has 5 rings (SSSR count). The fourth-order valence-corrected chi connectivity index (χ4v) is 6.85. The third-order valence-corrected chi connectivity index (χ3v) is 10.5. The van der Waals surface area contributed by atoms with Crippen LogP contribution in [0.5, 0.6) is 5.88 Å². The maximum Gasteiger partial charge on any atom is 0.487 e. The van der Waals surface area contributed by atoms with Crippen LogP contribution in [0.2, 0.25) is 0 Å². The summed E-state index contributed by atoms with van der Waals surface area (Å²) in [4.78, 5) is 14.9. The van der Waals surface area contributed by atoms with Crippen molar-refractivity contribution in [2.45, 2.75) is 59.2 Å². The number of carbonyl (C=O) groups excluding carboxylic acids is 1. The third kappa shape index (κ3) is 6.08. The van der Waals surface area contributed by atoms with Gasteiger partial charge in [0.15, 0.2) is 0 Å². The van der Waals surface area contributed by atoms with Crippen molar-refractivity contribution in [3.8, 4) is 17.0 Å². The molecule has 1 fully saturated rings. The van der Waals surface area contributed by atoms with Crippen molar-refractivity contribution in [2.75, 3.05) is 20.2 Å². The maximum atomic E-state index is 13.2. The molecule has 1 amide bonds. The normalized spacial score (nSPS) is 16.3. The molecule has 14 heteroatoms. The maximum absolute atomic E-state index is 13.2. The molecule has 1 saturated heterocycles. The Kier molecular flexibility index (Phi) is 9.33. The number of rotatable bonds is 10. The summed E-state index contributed by atoms with van der Waals surface area (Å²) in [5.74, 6) is 2.48. The van der Waals surface area contributed by atoms with Gasteiger partial charge in [-0.25, -0.2) is 9.13 Å². The Morgan fingerprint density at radius 3 is 2.50 bits per heavy atom. The number of carbonyl (C=O) groups is 1. The summed E-state index contributed by atoms with van der Waals surface area (Å²) < 4.78 is 23.9. The number of amides is 1. The lowest BCUT2D eigenvalue weighted by Crippen LogP contribution is -2.41. The van der Waals surface area contributed by atoms with Gasteiger partial charge in [0.05, 0.1) is 52.8 Å². The van der Waals surface area contributed by atoms with E-state index < -0.39 is 18.3 Å². The zero-order valence-corrected chi connectivity index (χ0v) is 30.0. The summed E-state index contributed by atoms with van der Waals surface area (Å²) in [6, 6.07) is 6.27. The van der Waals surface area contributed by atoms with Crippen LogP contribution in [0.15, 0.2) is 30.4 Å². The van der Waals surface area contributed by atoms with Crippen LogP contribution in [0.4, 0.5) is 0 Å². The molecule has 0 N–H and O–H groups in total. The molecule has 44 heavy (non-hydrogen) atoms. The monoisotopic (exact) mass is 731 g/mol. The number of nitrogens with zero attached hydrogens (tertiary/aromatic N) is 7. The van der Waals surface area contributed by atoms with E-state index in [1.807, 2.05) is 72.1 Å². The smallest absolute Gasteiger partial charge is 0.476 e. The SMILES string of the molecule is CCc1nn(C)c(C(=O)N(C)CCOc2c(-c3ccc4c(c3)c(/C=C/B3OC(C)(C)C(C)(C)O3)nn4PI)cnn2C)c1C. The predicted octanol–water partition coefficient (Wildman–Crippen LogP) is 5.63. The summed E-state index contributed by atoms with van der Waals surface area (Å²) in [5.41, 5.74) is 5.36. The summed E-state index contributed by atoms with van der Waals surface area (Å²) in [7, 11) is 4.99. The molecule has 1 aliphatic heterocycles. The second-order valence-corrected chi connectivity index (χ2v) is 14.1. The van der Waals surface area contributed by atoms with E-state index in [4.69, 9.17) is 19.1 Å². The number of aryl methyl sites for hydroxylation is 3. The molecule has 3 aromatic heterocycles. The van der Waals surface area contributed by atoms with Gasteiger partial charge >= 0.3 is 7.12 Å². The van der Waals surface area contributed by atoms with Gasteiger partial charge in [0.1, 0.15) is 12.3 Å². The Morgan fingerprint density at radius 2 is 1.86 bits per heavy atom. The minimum atomic E-state index is -0.454. The van der Waals surface area contributed by atoms with E-state index in [9.17, 15) is 4.79 Å². The highest BCUT2D eigenvalue weighted by Gasteiger charge is 2.50. The summed E-state index contributed by atoms with van der Waals surface area (Å²) >= 11 is 2.34. The van der Waals surface area contributed by atoms with Crippen LogP contribution in [-0.2, 0) is 29.8 Å². The Labute approximate surface area is 273 Å². The van der Waals surface area contributed by atoms with E-state index >= 15 is 0 Å². The van der Waals surface area contributed by atoms with Gasteiger partial charge in [-0.15, -0.1) is 0 Å². The van der Waals surface area contributed by atoms with E-state index in [1.54, 1.807) is 27.5 Å². The molecular formula is C30H40BIN7O4P. The van der Waals surface area contributed by atoms with Gasteiger partial charge in [-0.2, -0.15) is 15.3 Å². The highest BCUT2D eigenvalue weighted by Crippen LogP contribution is 2.38. The van der Waals surface area contributed by atoms with Crippen LogP contribution in [0.3, 0.4) is 0 Å². The van der Waals surface area contributed by atoms with Crippen molar-refractivity contribution in [3.05, 3.63) is 53.0 Å². The van der Waals surface area contributed by atoms with E-state index in [-0.39, 0.29) is 5.91 Å². The minimum absolute atomic E-state index is 0.0782. The van der Waals surface area contributed by atoms with E-state index in [0.717, 1.165) is 45.4 Å². The minimum Gasteiger partial charge on any atom is -0.476 e. The van der Waals surface area contributed by atoms with E-state index in [2.05, 4.69) is 50.4 Å². The molecule has 1 aromatic carbocycles. The van der Waals surface area contributed by atoms with Crippen LogP contribution in [0, 0.1) is 6.92 Å². The molecule has 234 valence electrons. The average Bonchev–Trinajstić information content (AvgIpc) is 3.66. The Hall–Kier alpha value is -2.74. The predicted molar refractivity (Wildman–Crippen MR) is 185 cm³/mol. The fourth-order valence-electron chi connectivity index (χ4n) is 5.31. The molecular weight excluding hydrogens is 691 g/mol. The second-order valence-electron chi connectivity index (χ2n) is 12.1. The second kappa shape index (κ2) is 12.6. The zero-order valence-electron chi connectivity index (χ0n) is 26.8. The van der Waals surface area contributed by atoms with Crippen molar-refractivity contribution in [3.63, 3.8) is 0 Å². The molecule has 4 heterocycles. The number of benzene rings is 1. The van der Waals surface area contributed by atoms with Gasteiger partial charge in [0.25, 0.3) is 5.91 Å². The number of fused-ring (bicyclic) bond motifs is 1. The Balaban J connectivity index is 1.35. The van der Waals surface area contributed by atoms with E-state index in [0.29, 0.717) is 31.1 Å². The lowest BCUT2D eigenvalue weighted by atomic mass is 9.89. The topological polar surface area (TPSA) is 101 Å². The molecule has 0 bridgehead atoms. The number of halogens is 1. The van der Waals surface area contributed by atoms with Crippen molar-refractivity contribution in [1.29, 1.82) is 0 Å². The highest BCUT2D eigenvalue weighted by molar-refractivity contribution is 14.2. The number of aromatic nitrogens is 6. The molecule has 1 atom stereocenters. The van der Waals surface area contributed by atoms with Crippen LogP contribution in [0.25, 0.3) is 28.1 Å². The van der Waals surface area contributed by atoms with Crippen molar-refractivity contribution in [2.24, 2.45) is 14.1 Å². The largest absolute Gasteiger partial charge is 0.487 e. The van der Waals surface area contributed by atoms with Crippen molar-refractivity contribution < 1.29 is 18.8 Å². The molecule has 0 spiro atoms. The molecule has 0 saturated carbocycles. The summed E-state index contributed by atoms with van der Waals surface area (Å²) in [5, 5.41) is 14.8. The van der Waals surface area contributed by atoms with Crippen LogP contribution in [-0.4, -0.2) is 78.4 Å². The van der Waals surface area contributed by atoms with Crippen LogP contribution >= 0.6 is 28.4 Å². The quantitative estimate of drug-likeness (QED) is 0.119. The van der Waals surface area contributed by atoms with Gasteiger partial charge in [0, 0.05) is 32.1 Å². The summed E-state index contributed by atoms with van der Waals surface area (Å²) in [6.45, 7) is 12.9. The number of hydrogen-bond acceptors (Lipinski definition) is 7. The molecule has 0 radical (unpaired) electrons. The standard InChI is InChI=1S/C30H40BIN7O4P/c1-10-23-19(2)26(37(8)34-23)27(40)36(7)15-16-41-28-22(18-33-38(28)9)20-11-12-25-21(17-20)24(35-39(25)44-32)13-14-31-42-29(3,4)30(5,6)43-31/h11-14,17-18,44H,10,15-16H2,1-9H3/b14-13+.